The van der Waals surface area contributed by atoms with Crippen molar-refractivity contribution in [3.63, 3.8) is 0 Å². The predicted molar refractivity (Wildman–Crippen MR) is 94.7 cm³/mol. The van der Waals surface area contributed by atoms with Crippen LogP contribution in [0.15, 0.2) is 12.1 Å². The first-order valence-electron chi connectivity index (χ1n) is 8.66. The molecular weight excluding hydrogens is 326 g/mol. The van der Waals surface area contributed by atoms with Crippen molar-refractivity contribution in [2.24, 2.45) is 5.92 Å². The number of pyridine rings is 1. The Balaban J connectivity index is 1.67. The largest absolute Gasteiger partial charge is 0.378 e. The van der Waals surface area contributed by atoms with Crippen LogP contribution in [0.4, 0.5) is 5.82 Å². The summed E-state index contributed by atoms with van der Waals surface area (Å²) < 4.78 is 5.44. The Bertz CT molecular complexity index is 713. The van der Waals surface area contributed by atoms with Crippen molar-refractivity contribution in [3.8, 4) is 0 Å². The molecule has 24 heavy (non-hydrogen) atoms. The average molecular weight is 348 g/mol. The summed E-state index contributed by atoms with van der Waals surface area (Å²) in [7, 11) is 0. The molecular formula is C17H22ClN5O. The van der Waals surface area contributed by atoms with E-state index in [2.05, 4.69) is 26.3 Å². The van der Waals surface area contributed by atoms with Crippen molar-refractivity contribution in [1.82, 2.24) is 20.3 Å². The molecule has 128 valence electrons. The Morgan fingerprint density at radius 1 is 1.12 bits per heavy atom. The molecule has 1 N–H and O–H groups in total. The third-order valence-electron chi connectivity index (χ3n) is 4.82. The first-order valence-corrected chi connectivity index (χ1v) is 9.04. The zero-order valence-corrected chi connectivity index (χ0v) is 14.4. The first-order chi connectivity index (χ1) is 11.8. The van der Waals surface area contributed by atoms with Crippen LogP contribution >= 0.6 is 11.6 Å². The van der Waals surface area contributed by atoms with Crippen molar-refractivity contribution in [3.05, 3.63) is 23.1 Å². The van der Waals surface area contributed by atoms with Gasteiger partial charge in [0.2, 0.25) is 5.28 Å². The van der Waals surface area contributed by atoms with E-state index >= 15 is 0 Å². The van der Waals surface area contributed by atoms with Crippen LogP contribution in [0.5, 0.6) is 0 Å². The van der Waals surface area contributed by atoms with Gasteiger partial charge in [0.05, 0.1) is 18.7 Å². The minimum Gasteiger partial charge on any atom is -0.378 e. The predicted octanol–water partition coefficient (Wildman–Crippen LogP) is 2.06. The van der Waals surface area contributed by atoms with Gasteiger partial charge in [0.25, 0.3) is 0 Å². The SMILES string of the molecule is Clc1nc(N2CCOCC2)c2nc(CC3CCNCC3)ccc2n1. The molecule has 2 saturated heterocycles. The van der Waals surface area contributed by atoms with Crippen molar-refractivity contribution in [2.75, 3.05) is 44.3 Å². The molecule has 2 fully saturated rings. The third kappa shape index (κ3) is 3.45. The summed E-state index contributed by atoms with van der Waals surface area (Å²) in [6.07, 6.45) is 3.45. The van der Waals surface area contributed by atoms with Crippen LogP contribution in [-0.4, -0.2) is 54.3 Å². The van der Waals surface area contributed by atoms with Crippen LogP contribution in [0.3, 0.4) is 0 Å². The van der Waals surface area contributed by atoms with Crippen LogP contribution in [0.1, 0.15) is 18.5 Å². The second-order valence-electron chi connectivity index (χ2n) is 6.48. The fourth-order valence-electron chi connectivity index (χ4n) is 3.50. The molecule has 0 aliphatic carbocycles. The summed E-state index contributed by atoms with van der Waals surface area (Å²) in [5.74, 6) is 1.54. The lowest BCUT2D eigenvalue weighted by Crippen LogP contribution is -2.37. The number of nitrogens with one attached hydrogen (secondary N) is 1. The molecule has 6 nitrogen and oxygen atoms in total. The lowest BCUT2D eigenvalue weighted by atomic mass is 9.93. The van der Waals surface area contributed by atoms with E-state index in [0.717, 1.165) is 55.1 Å². The van der Waals surface area contributed by atoms with Gasteiger partial charge in [-0.1, -0.05) is 0 Å². The van der Waals surface area contributed by atoms with Gasteiger partial charge in [0.15, 0.2) is 5.82 Å². The fraction of sp³-hybridized carbons (Fsp3) is 0.588. The molecule has 0 aromatic carbocycles. The second-order valence-corrected chi connectivity index (χ2v) is 6.82. The molecule has 0 radical (unpaired) electrons. The molecule has 7 heteroatoms. The van der Waals surface area contributed by atoms with E-state index in [1.165, 1.54) is 12.8 Å². The molecule has 2 aliphatic rings. The molecule has 0 spiro atoms. The van der Waals surface area contributed by atoms with Gasteiger partial charge in [0, 0.05) is 18.8 Å². The summed E-state index contributed by atoms with van der Waals surface area (Å²) >= 11 is 6.12. The van der Waals surface area contributed by atoms with Gasteiger partial charge in [-0.2, -0.15) is 4.98 Å². The van der Waals surface area contributed by atoms with Gasteiger partial charge in [-0.3, -0.25) is 0 Å². The molecule has 4 rings (SSSR count). The molecule has 2 aromatic rings. The van der Waals surface area contributed by atoms with E-state index in [1.54, 1.807) is 0 Å². The normalized spacial score (nSPS) is 19.8. The van der Waals surface area contributed by atoms with Crippen molar-refractivity contribution < 1.29 is 4.74 Å². The minimum absolute atomic E-state index is 0.275. The van der Waals surface area contributed by atoms with Gasteiger partial charge in [0.1, 0.15) is 5.52 Å². The van der Waals surface area contributed by atoms with Crippen LogP contribution < -0.4 is 10.2 Å². The Hall–Kier alpha value is -1.50. The molecule has 0 bridgehead atoms. The molecule has 0 saturated carbocycles. The lowest BCUT2D eigenvalue weighted by molar-refractivity contribution is 0.122. The van der Waals surface area contributed by atoms with Crippen LogP contribution in [0, 0.1) is 5.92 Å². The maximum absolute atomic E-state index is 6.12. The highest BCUT2D eigenvalue weighted by atomic mass is 35.5. The second kappa shape index (κ2) is 7.17. The summed E-state index contributed by atoms with van der Waals surface area (Å²) in [6, 6.07) is 4.10. The van der Waals surface area contributed by atoms with Crippen LogP contribution in [-0.2, 0) is 11.2 Å². The molecule has 0 unspecified atom stereocenters. The average Bonchev–Trinajstić information content (AvgIpc) is 2.63. The molecule has 0 amide bonds. The number of piperidine rings is 1. The monoisotopic (exact) mass is 347 g/mol. The maximum Gasteiger partial charge on any atom is 0.225 e. The van der Waals surface area contributed by atoms with E-state index in [-0.39, 0.29) is 5.28 Å². The van der Waals surface area contributed by atoms with Gasteiger partial charge in [-0.15, -0.1) is 0 Å². The number of fused-ring (bicyclic) bond motifs is 1. The number of hydrogen-bond donors (Lipinski definition) is 1. The molecule has 2 aliphatic heterocycles. The zero-order valence-electron chi connectivity index (χ0n) is 13.7. The third-order valence-corrected chi connectivity index (χ3v) is 4.99. The number of rotatable bonds is 3. The summed E-state index contributed by atoms with van der Waals surface area (Å²) in [5, 5.41) is 3.69. The smallest absolute Gasteiger partial charge is 0.225 e. The Morgan fingerprint density at radius 2 is 1.92 bits per heavy atom. The summed E-state index contributed by atoms with van der Waals surface area (Å²) in [4.78, 5) is 15.9. The highest BCUT2D eigenvalue weighted by Crippen LogP contribution is 2.26. The lowest BCUT2D eigenvalue weighted by Gasteiger charge is -2.28. The van der Waals surface area contributed by atoms with E-state index < -0.39 is 0 Å². The number of anilines is 1. The number of halogens is 1. The summed E-state index contributed by atoms with van der Waals surface area (Å²) in [6.45, 7) is 5.24. The fourth-order valence-corrected chi connectivity index (χ4v) is 3.67. The van der Waals surface area contributed by atoms with Crippen molar-refractivity contribution in [2.45, 2.75) is 19.3 Å². The van der Waals surface area contributed by atoms with Gasteiger partial charge >= 0.3 is 0 Å². The Morgan fingerprint density at radius 3 is 2.71 bits per heavy atom. The van der Waals surface area contributed by atoms with Gasteiger partial charge < -0.3 is 15.0 Å². The van der Waals surface area contributed by atoms with Crippen molar-refractivity contribution in [1.29, 1.82) is 0 Å². The van der Waals surface area contributed by atoms with Crippen molar-refractivity contribution >= 4 is 28.5 Å². The van der Waals surface area contributed by atoms with E-state index in [1.807, 2.05) is 6.07 Å². The maximum atomic E-state index is 6.12. The minimum atomic E-state index is 0.275. The standard InChI is InChI=1S/C17H22ClN5O/c18-17-21-14-2-1-13(11-12-3-5-19-6-4-12)20-15(14)16(22-17)23-7-9-24-10-8-23/h1-2,12,19H,3-11H2. The summed E-state index contributed by atoms with van der Waals surface area (Å²) in [5.41, 5.74) is 2.79. The van der Waals surface area contributed by atoms with Gasteiger partial charge in [-0.25, -0.2) is 9.97 Å². The van der Waals surface area contributed by atoms with Gasteiger partial charge in [-0.05, 0) is 62.0 Å². The number of hydrogen-bond acceptors (Lipinski definition) is 6. The Kier molecular flexibility index (Phi) is 4.78. The molecule has 0 atom stereocenters. The number of morpholine rings is 1. The van der Waals surface area contributed by atoms with E-state index in [4.69, 9.17) is 21.3 Å². The van der Waals surface area contributed by atoms with Crippen LogP contribution in [0.2, 0.25) is 5.28 Å². The number of aromatic nitrogens is 3. The highest BCUT2D eigenvalue weighted by Gasteiger charge is 2.19. The number of nitrogens with zero attached hydrogens (tertiary/aromatic N) is 4. The molecule has 2 aromatic heterocycles. The number of ether oxygens (including phenoxy) is 1. The topological polar surface area (TPSA) is 63.2 Å². The van der Waals surface area contributed by atoms with E-state index in [9.17, 15) is 0 Å². The molecule has 4 heterocycles. The zero-order chi connectivity index (χ0) is 16.4. The highest BCUT2D eigenvalue weighted by molar-refractivity contribution is 6.28. The van der Waals surface area contributed by atoms with E-state index in [0.29, 0.717) is 19.1 Å². The Labute approximate surface area is 146 Å². The van der Waals surface area contributed by atoms with Crippen LogP contribution in [0.25, 0.3) is 11.0 Å². The first kappa shape index (κ1) is 16.0. The quantitative estimate of drug-likeness (QED) is 0.857.